The van der Waals surface area contributed by atoms with Gasteiger partial charge in [0, 0.05) is 11.1 Å². The molecule has 1 aromatic heterocycles. The number of halogens is 1. The van der Waals surface area contributed by atoms with Crippen molar-refractivity contribution in [3.63, 3.8) is 0 Å². The summed E-state index contributed by atoms with van der Waals surface area (Å²) in [7, 11) is 1.62. The number of ether oxygens (including phenoxy) is 1. The van der Waals surface area contributed by atoms with Crippen LogP contribution in [0.2, 0.25) is 5.02 Å². The second kappa shape index (κ2) is 6.47. The summed E-state index contributed by atoms with van der Waals surface area (Å²) in [6, 6.07) is 5.79. The fraction of sp³-hybridized carbons (Fsp3) is 0.400. The van der Waals surface area contributed by atoms with Crippen molar-refractivity contribution in [3.8, 4) is 5.75 Å². The van der Waals surface area contributed by atoms with Gasteiger partial charge in [-0.3, -0.25) is 10.5 Å². The van der Waals surface area contributed by atoms with E-state index in [-0.39, 0.29) is 12.1 Å². The second-order valence-electron chi connectivity index (χ2n) is 5.26. The van der Waals surface area contributed by atoms with Gasteiger partial charge in [-0.2, -0.15) is 5.10 Å². The third kappa shape index (κ3) is 3.05. The molecule has 5 nitrogen and oxygen atoms in total. The molecule has 1 heterocycles. The molecule has 1 unspecified atom stereocenters. The van der Waals surface area contributed by atoms with Gasteiger partial charge in [0.25, 0.3) is 0 Å². The van der Waals surface area contributed by atoms with Gasteiger partial charge in [-0.15, -0.1) is 0 Å². The molecule has 2 aromatic rings. The Morgan fingerprint density at radius 1 is 1.38 bits per heavy atom. The number of hydrogen-bond donors (Lipinski definition) is 2. The predicted octanol–water partition coefficient (Wildman–Crippen LogP) is 2.99. The molecule has 0 aliphatic carbocycles. The first-order valence-electron chi connectivity index (χ1n) is 6.83. The minimum Gasteiger partial charge on any atom is -0.493 e. The van der Waals surface area contributed by atoms with Gasteiger partial charge < -0.3 is 4.74 Å². The van der Waals surface area contributed by atoms with Crippen molar-refractivity contribution in [2.75, 3.05) is 7.11 Å². The van der Waals surface area contributed by atoms with Gasteiger partial charge in [0.1, 0.15) is 5.69 Å². The van der Waals surface area contributed by atoms with Crippen LogP contribution in [0.25, 0.3) is 0 Å². The first kappa shape index (κ1) is 15.8. The molecule has 3 N–H and O–H groups in total. The molecular weight excluding hydrogens is 288 g/mol. The van der Waals surface area contributed by atoms with Crippen LogP contribution in [0.1, 0.15) is 42.8 Å². The maximum atomic E-state index is 6.38. The summed E-state index contributed by atoms with van der Waals surface area (Å²) in [6.45, 7) is 6.11. The number of methoxy groups -OCH3 is 1. The van der Waals surface area contributed by atoms with Gasteiger partial charge >= 0.3 is 0 Å². The zero-order valence-electron chi connectivity index (χ0n) is 12.7. The van der Waals surface area contributed by atoms with Crippen LogP contribution < -0.4 is 16.0 Å². The molecule has 6 heteroatoms. The molecule has 0 saturated heterocycles. The predicted molar refractivity (Wildman–Crippen MR) is 84.5 cm³/mol. The minimum atomic E-state index is -0.294. The third-order valence-corrected chi connectivity index (χ3v) is 3.74. The maximum absolute atomic E-state index is 6.38. The zero-order valence-corrected chi connectivity index (χ0v) is 13.5. The number of nitrogens with zero attached hydrogens (tertiary/aromatic N) is 2. The van der Waals surface area contributed by atoms with Crippen LogP contribution >= 0.6 is 11.6 Å². The zero-order chi connectivity index (χ0) is 15.6. The average molecular weight is 309 g/mol. The van der Waals surface area contributed by atoms with Crippen LogP contribution in [0.4, 0.5) is 0 Å². The van der Waals surface area contributed by atoms with Crippen molar-refractivity contribution in [1.29, 1.82) is 0 Å². The molecule has 114 valence electrons. The fourth-order valence-electron chi connectivity index (χ4n) is 2.38. The summed E-state index contributed by atoms with van der Waals surface area (Å²) in [5.74, 6) is 6.47. The summed E-state index contributed by atoms with van der Waals surface area (Å²) in [4.78, 5) is 0. The Bertz CT molecular complexity index is 624. The molecule has 21 heavy (non-hydrogen) atoms. The molecule has 2 rings (SSSR count). The van der Waals surface area contributed by atoms with Gasteiger partial charge in [-0.1, -0.05) is 23.7 Å². The summed E-state index contributed by atoms with van der Waals surface area (Å²) in [5, 5.41) is 5.04. The number of rotatable bonds is 5. The molecule has 1 atom stereocenters. The lowest BCUT2D eigenvalue weighted by Gasteiger charge is -2.22. The number of benzene rings is 1. The van der Waals surface area contributed by atoms with E-state index in [2.05, 4.69) is 24.4 Å². The highest BCUT2D eigenvalue weighted by atomic mass is 35.5. The Hall–Kier alpha value is -1.56. The van der Waals surface area contributed by atoms with E-state index in [1.165, 1.54) is 0 Å². The minimum absolute atomic E-state index is 0.184. The summed E-state index contributed by atoms with van der Waals surface area (Å²) in [5.41, 5.74) is 5.68. The van der Waals surface area contributed by atoms with E-state index in [1.54, 1.807) is 13.3 Å². The first-order valence-corrected chi connectivity index (χ1v) is 7.21. The van der Waals surface area contributed by atoms with Crippen LogP contribution in [0.3, 0.4) is 0 Å². The van der Waals surface area contributed by atoms with Gasteiger partial charge in [-0.25, -0.2) is 5.43 Å². The van der Waals surface area contributed by atoms with Crippen LogP contribution in [-0.4, -0.2) is 16.9 Å². The van der Waals surface area contributed by atoms with E-state index in [0.29, 0.717) is 10.8 Å². The lowest BCUT2D eigenvalue weighted by molar-refractivity contribution is 0.394. The highest BCUT2D eigenvalue weighted by Crippen LogP contribution is 2.34. The van der Waals surface area contributed by atoms with E-state index >= 15 is 0 Å². The van der Waals surface area contributed by atoms with E-state index in [4.69, 9.17) is 22.2 Å². The van der Waals surface area contributed by atoms with Crippen LogP contribution in [0.5, 0.6) is 5.75 Å². The Kier molecular flexibility index (Phi) is 4.88. The van der Waals surface area contributed by atoms with Crippen molar-refractivity contribution in [1.82, 2.24) is 15.2 Å². The summed E-state index contributed by atoms with van der Waals surface area (Å²) >= 11 is 6.38. The molecular formula is C15H21ClN4O. The Balaban J connectivity index is 2.58. The summed E-state index contributed by atoms with van der Waals surface area (Å²) < 4.78 is 7.31. The highest BCUT2D eigenvalue weighted by molar-refractivity contribution is 6.31. The molecule has 0 aliphatic rings. The van der Waals surface area contributed by atoms with E-state index in [9.17, 15) is 0 Å². The number of nitrogens with two attached hydrogens (primary N) is 1. The van der Waals surface area contributed by atoms with Gasteiger partial charge in [-0.05, 0) is 38.0 Å². The van der Waals surface area contributed by atoms with Gasteiger partial charge in [0.05, 0.1) is 19.3 Å². The van der Waals surface area contributed by atoms with Gasteiger partial charge in [0.2, 0.25) is 0 Å². The van der Waals surface area contributed by atoms with E-state index < -0.39 is 0 Å². The van der Waals surface area contributed by atoms with Crippen molar-refractivity contribution in [2.45, 2.75) is 32.9 Å². The van der Waals surface area contributed by atoms with Crippen LogP contribution in [0.15, 0.2) is 24.4 Å². The van der Waals surface area contributed by atoms with Crippen molar-refractivity contribution in [2.24, 2.45) is 5.84 Å². The Morgan fingerprint density at radius 2 is 2.10 bits per heavy atom. The lowest BCUT2D eigenvalue weighted by atomic mass is 10.0. The normalized spacial score (nSPS) is 12.7. The largest absolute Gasteiger partial charge is 0.493 e. The number of aromatic nitrogens is 2. The monoisotopic (exact) mass is 308 g/mol. The maximum Gasteiger partial charge on any atom is 0.161 e. The molecule has 0 aliphatic heterocycles. The van der Waals surface area contributed by atoms with Crippen molar-refractivity contribution in [3.05, 3.63) is 46.2 Å². The number of aryl methyl sites for hydroxylation is 1. The average Bonchev–Trinajstić information content (AvgIpc) is 2.86. The smallest absolute Gasteiger partial charge is 0.161 e. The lowest BCUT2D eigenvalue weighted by Crippen LogP contribution is -2.31. The number of hydrazine groups is 1. The number of nitrogens with one attached hydrogen (secondary N) is 1. The van der Waals surface area contributed by atoms with Gasteiger partial charge in [0.15, 0.2) is 5.75 Å². The standard InChI is InChI=1S/C15H21ClN4O/c1-9(2)20-15(13(21-4)8-18-20)14(19-17)11-6-5-10(3)7-12(11)16/h5-9,14,19H,17H2,1-4H3. The first-order chi connectivity index (χ1) is 9.99. The fourth-order valence-corrected chi connectivity index (χ4v) is 2.73. The quantitative estimate of drug-likeness (QED) is 0.658. The van der Waals surface area contributed by atoms with E-state index in [1.807, 2.05) is 29.8 Å². The molecule has 0 spiro atoms. The van der Waals surface area contributed by atoms with Crippen molar-refractivity contribution < 1.29 is 4.74 Å². The topological polar surface area (TPSA) is 65.1 Å². The molecule has 0 amide bonds. The number of hydrogen-bond acceptors (Lipinski definition) is 4. The van der Waals surface area contributed by atoms with Crippen molar-refractivity contribution >= 4 is 11.6 Å². The molecule has 1 aromatic carbocycles. The molecule has 0 fully saturated rings. The highest BCUT2D eigenvalue weighted by Gasteiger charge is 2.25. The SMILES string of the molecule is COc1cnn(C(C)C)c1C(NN)c1ccc(C)cc1Cl. The Morgan fingerprint density at radius 3 is 2.62 bits per heavy atom. The van der Waals surface area contributed by atoms with Crippen LogP contribution in [0, 0.1) is 6.92 Å². The second-order valence-corrected chi connectivity index (χ2v) is 5.67. The molecule has 0 radical (unpaired) electrons. The molecule has 0 bridgehead atoms. The Labute approximate surface area is 130 Å². The van der Waals surface area contributed by atoms with E-state index in [0.717, 1.165) is 16.8 Å². The van der Waals surface area contributed by atoms with Crippen LogP contribution in [-0.2, 0) is 0 Å². The summed E-state index contributed by atoms with van der Waals surface area (Å²) in [6.07, 6.45) is 1.70. The molecule has 0 saturated carbocycles. The third-order valence-electron chi connectivity index (χ3n) is 3.41.